The van der Waals surface area contributed by atoms with E-state index in [4.69, 9.17) is 10.9 Å². The lowest BCUT2D eigenvalue weighted by Gasteiger charge is -2.21. The van der Waals surface area contributed by atoms with Gasteiger partial charge in [-0.3, -0.25) is 0 Å². The van der Waals surface area contributed by atoms with Crippen LogP contribution in [0.3, 0.4) is 0 Å². The summed E-state index contributed by atoms with van der Waals surface area (Å²) in [5.41, 5.74) is 8.91. The lowest BCUT2D eigenvalue weighted by atomic mass is 10.0. The Morgan fingerprint density at radius 1 is 1.29 bits per heavy atom. The highest BCUT2D eigenvalue weighted by molar-refractivity contribution is 9.10. The van der Waals surface area contributed by atoms with E-state index in [2.05, 4.69) is 26.4 Å². The predicted molar refractivity (Wildman–Crippen MR) is 89.7 cm³/mol. The number of hydrogen-bond donors (Lipinski definition) is 3. The Labute approximate surface area is 132 Å². The molecule has 0 aliphatic carbocycles. The first-order valence-electron chi connectivity index (χ1n) is 6.64. The number of benzene rings is 2. The molecule has 0 aromatic heterocycles. The van der Waals surface area contributed by atoms with Gasteiger partial charge in [0.1, 0.15) is 5.84 Å². The molecule has 0 spiro atoms. The van der Waals surface area contributed by atoms with E-state index >= 15 is 0 Å². The van der Waals surface area contributed by atoms with Crippen molar-refractivity contribution in [1.29, 1.82) is 0 Å². The number of nitrogens with two attached hydrogens (primary N) is 1. The summed E-state index contributed by atoms with van der Waals surface area (Å²) in [7, 11) is 0. The number of hydrogen-bond acceptors (Lipinski definition) is 3. The van der Waals surface area contributed by atoms with Gasteiger partial charge in [0, 0.05) is 16.6 Å². The zero-order chi connectivity index (χ0) is 15.2. The van der Waals surface area contributed by atoms with Crippen molar-refractivity contribution in [2.45, 2.75) is 19.4 Å². The molecule has 2 aromatic carbocycles. The van der Waals surface area contributed by atoms with Gasteiger partial charge in [-0.05, 0) is 46.1 Å². The third-order valence-corrected chi connectivity index (χ3v) is 3.85. The van der Waals surface area contributed by atoms with Gasteiger partial charge in [0.25, 0.3) is 0 Å². The van der Waals surface area contributed by atoms with Crippen LogP contribution in [0.5, 0.6) is 0 Å². The van der Waals surface area contributed by atoms with Gasteiger partial charge in [-0.25, -0.2) is 0 Å². The van der Waals surface area contributed by atoms with Crippen LogP contribution in [0.25, 0.3) is 0 Å². The first kappa shape index (κ1) is 15.4. The fourth-order valence-corrected chi connectivity index (χ4v) is 2.72. The van der Waals surface area contributed by atoms with Crippen molar-refractivity contribution in [3.05, 3.63) is 64.1 Å². The van der Waals surface area contributed by atoms with Crippen molar-refractivity contribution >= 4 is 27.5 Å². The minimum Gasteiger partial charge on any atom is -0.409 e. The van der Waals surface area contributed by atoms with E-state index in [1.807, 2.05) is 55.5 Å². The fraction of sp³-hybridized carbons (Fsp3) is 0.188. The molecule has 2 aromatic rings. The van der Waals surface area contributed by atoms with Crippen molar-refractivity contribution in [1.82, 2.24) is 0 Å². The zero-order valence-corrected chi connectivity index (χ0v) is 13.3. The monoisotopic (exact) mass is 347 g/mol. The van der Waals surface area contributed by atoms with Gasteiger partial charge in [0.15, 0.2) is 0 Å². The molecule has 0 heterocycles. The van der Waals surface area contributed by atoms with Crippen molar-refractivity contribution in [3.63, 3.8) is 0 Å². The Morgan fingerprint density at radius 2 is 2.00 bits per heavy atom. The maximum Gasteiger partial charge on any atom is 0.141 e. The zero-order valence-electron chi connectivity index (χ0n) is 11.8. The summed E-state index contributed by atoms with van der Waals surface area (Å²) in [6.45, 7) is 2.04. The second kappa shape index (κ2) is 7.13. The lowest BCUT2D eigenvalue weighted by Crippen LogP contribution is -2.21. The van der Waals surface area contributed by atoms with Crippen LogP contribution in [0.15, 0.2) is 58.2 Å². The maximum atomic E-state index is 8.81. The smallest absolute Gasteiger partial charge is 0.141 e. The Kier molecular flexibility index (Phi) is 5.22. The molecule has 21 heavy (non-hydrogen) atoms. The number of amidine groups is 1. The van der Waals surface area contributed by atoms with E-state index in [9.17, 15) is 0 Å². The van der Waals surface area contributed by atoms with E-state index in [0.29, 0.717) is 6.42 Å². The number of halogens is 1. The molecule has 4 nitrogen and oxygen atoms in total. The van der Waals surface area contributed by atoms with Crippen LogP contribution >= 0.6 is 15.9 Å². The van der Waals surface area contributed by atoms with E-state index in [1.165, 1.54) is 5.56 Å². The van der Waals surface area contributed by atoms with Crippen LogP contribution < -0.4 is 11.1 Å². The molecule has 1 unspecified atom stereocenters. The van der Waals surface area contributed by atoms with E-state index in [-0.39, 0.29) is 11.9 Å². The lowest BCUT2D eigenvalue weighted by molar-refractivity contribution is 0.316. The Bertz CT molecular complexity index is 629. The average molecular weight is 348 g/mol. The molecular weight excluding hydrogens is 330 g/mol. The summed E-state index contributed by atoms with van der Waals surface area (Å²) >= 11 is 3.56. The highest BCUT2D eigenvalue weighted by Gasteiger charge is 2.14. The quantitative estimate of drug-likeness (QED) is 0.330. The van der Waals surface area contributed by atoms with E-state index in [0.717, 1.165) is 15.7 Å². The summed E-state index contributed by atoms with van der Waals surface area (Å²) in [6, 6.07) is 16.0. The number of nitrogens with zero attached hydrogens (tertiary/aromatic N) is 1. The predicted octanol–water partition coefficient (Wildman–Crippen LogP) is 4.05. The first-order chi connectivity index (χ1) is 10.1. The number of anilines is 1. The van der Waals surface area contributed by atoms with Crippen molar-refractivity contribution in [3.8, 4) is 0 Å². The summed E-state index contributed by atoms with van der Waals surface area (Å²) in [4.78, 5) is 0. The van der Waals surface area contributed by atoms with Crippen LogP contribution in [0.2, 0.25) is 0 Å². The van der Waals surface area contributed by atoms with E-state index in [1.54, 1.807) is 0 Å². The highest BCUT2D eigenvalue weighted by atomic mass is 79.9. The topological polar surface area (TPSA) is 70.6 Å². The van der Waals surface area contributed by atoms with Crippen LogP contribution in [-0.4, -0.2) is 11.0 Å². The fourth-order valence-electron chi connectivity index (χ4n) is 2.11. The molecule has 1 atom stereocenters. The summed E-state index contributed by atoms with van der Waals surface area (Å²) in [5, 5.41) is 15.3. The van der Waals surface area contributed by atoms with Crippen LogP contribution in [0, 0.1) is 6.92 Å². The number of nitrogens with one attached hydrogen (secondary N) is 1. The molecule has 2 rings (SSSR count). The summed E-state index contributed by atoms with van der Waals surface area (Å²) in [5.74, 6) is 0.194. The molecule has 0 saturated carbocycles. The third-order valence-electron chi connectivity index (χ3n) is 3.20. The normalized spacial score (nSPS) is 13.0. The molecule has 0 bridgehead atoms. The molecule has 0 aliphatic rings. The second-order valence-corrected chi connectivity index (χ2v) is 5.74. The molecule has 5 heteroatoms. The number of aryl methyl sites for hydroxylation is 1. The standard InChI is InChI=1S/C16H18BrN3O/c1-11-7-8-14(13(17)9-11)19-15(10-16(18)20-21)12-5-3-2-4-6-12/h2-9,15,19,21H,10H2,1H3,(H2,18,20). The first-order valence-corrected chi connectivity index (χ1v) is 7.43. The van der Waals surface area contributed by atoms with Crippen molar-refractivity contribution < 1.29 is 5.21 Å². The van der Waals surface area contributed by atoms with Crippen LogP contribution in [0.4, 0.5) is 5.69 Å². The van der Waals surface area contributed by atoms with Gasteiger partial charge in [0.05, 0.1) is 6.04 Å². The molecule has 0 amide bonds. The second-order valence-electron chi connectivity index (χ2n) is 4.89. The average Bonchev–Trinajstić information content (AvgIpc) is 2.49. The molecule has 0 saturated heterocycles. The minimum atomic E-state index is -0.0684. The van der Waals surface area contributed by atoms with Gasteiger partial charge in [-0.15, -0.1) is 0 Å². The summed E-state index contributed by atoms with van der Waals surface area (Å²) < 4.78 is 0.989. The van der Waals surface area contributed by atoms with Gasteiger partial charge in [-0.2, -0.15) is 0 Å². The van der Waals surface area contributed by atoms with Crippen LogP contribution in [0.1, 0.15) is 23.6 Å². The molecule has 0 aliphatic heterocycles. The van der Waals surface area contributed by atoms with Crippen molar-refractivity contribution in [2.75, 3.05) is 5.32 Å². The largest absolute Gasteiger partial charge is 0.409 e. The molecule has 4 N–H and O–H groups in total. The minimum absolute atomic E-state index is 0.0684. The van der Waals surface area contributed by atoms with E-state index < -0.39 is 0 Å². The molecular formula is C16H18BrN3O. The van der Waals surface area contributed by atoms with Crippen LogP contribution in [-0.2, 0) is 0 Å². The van der Waals surface area contributed by atoms with Gasteiger partial charge < -0.3 is 16.3 Å². The molecule has 110 valence electrons. The highest BCUT2D eigenvalue weighted by Crippen LogP contribution is 2.29. The molecule has 0 fully saturated rings. The SMILES string of the molecule is Cc1ccc(NC(CC(N)=NO)c2ccccc2)c(Br)c1. The number of rotatable bonds is 5. The maximum absolute atomic E-state index is 8.81. The summed E-state index contributed by atoms with van der Waals surface area (Å²) in [6.07, 6.45) is 0.417. The Hall–Kier alpha value is -2.01. The number of oxime groups is 1. The third kappa shape index (κ3) is 4.23. The van der Waals surface area contributed by atoms with Gasteiger partial charge >= 0.3 is 0 Å². The van der Waals surface area contributed by atoms with Gasteiger partial charge in [0.2, 0.25) is 0 Å². The van der Waals surface area contributed by atoms with Crippen molar-refractivity contribution in [2.24, 2.45) is 10.9 Å². The Morgan fingerprint density at radius 3 is 2.62 bits per heavy atom. The Balaban J connectivity index is 2.27. The molecule has 0 radical (unpaired) electrons. The van der Waals surface area contributed by atoms with Gasteiger partial charge in [-0.1, -0.05) is 41.6 Å².